The number of rotatable bonds is 7. The zero-order valence-corrected chi connectivity index (χ0v) is 20.5. The van der Waals surface area contributed by atoms with Gasteiger partial charge >= 0.3 is 12.6 Å². The third kappa shape index (κ3) is 4.96. The topological polar surface area (TPSA) is 93.4 Å². The van der Waals surface area contributed by atoms with Crippen molar-refractivity contribution < 1.29 is 23.4 Å². The monoisotopic (exact) mass is 507 g/mol. The second kappa shape index (κ2) is 10.1. The summed E-state index contributed by atoms with van der Waals surface area (Å²) >= 11 is 0. The highest BCUT2D eigenvalue weighted by Gasteiger charge is 2.26. The number of benzene rings is 2. The molecule has 37 heavy (non-hydrogen) atoms. The Labute approximate surface area is 212 Å². The average molecular weight is 508 g/mol. The van der Waals surface area contributed by atoms with Crippen LogP contribution in [-0.4, -0.2) is 50.3 Å². The molecular weight excluding hydrogens is 480 g/mol. The minimum Gasteiger partial charge on any atom is -0.481 e. The Bertz CT molecular complexity index is 1420. The van der Waals surface area contributed by atoms with Gasteiger partial charge < -0.3 is 19.3 Å². The molecule has 0 unspecified atom stereocenters. The van der Waals surface area contributed by atoms with Crippen LogP contribution in [0, 0.1) is 12.8 Å². The van der Waals surface area contributed by atoms with Crippen LogP contribution >= 0.6 is 0 Å². The zero-order valence-electron chi connectivity index (χ0n) is 20.5. The van der Waals surface area contributed by atoms with Crippen molar-refractivity contribution in [2.45, 2.75) is 39.3 Å². The average Bonchev–Trinajstić information content (AvgIpc) is 3.23. The van der Waals surface area contributed by atoms with Crippen molar-refractivity contribution in [2.24, 2.45) is 5.92 Å². The number of hydrogen-bond acceptors (Lipinski definition) is 6. The first-order chi connectivity index (χ1) is 17.8. The summed E-state index contributed by atoms with van der Waals surface area (Å²) in [7, 11) is 0. The van der Waals surface area contributed by atoms with E-state index in [2.05, 4.69) is 15.0 Å². The number of carboxylic acid groups (broad SMARTS) is 1. The number of para-hydroxylation sites is 1. The Kier molecular flexibility index (Phi) is 6.73. The molecule has 2 aromatic carbocycles. The molecule has 2 aromatic heterocycles. The third-order valence-corrected chi connectivity index (χ3v) is 6.94. The van der Waals surface area contributed by atoms with Gasteiger partial charge in [-0.25, -0.2) is 15.0 Å². The highest BCUT2D eigenvalue weighted by atomic mass is 19.3. The van der Waals surface area contributed by atoms with Crippen molar-refractivity contribution in [3.63, 3.8) is 0 Å². The van der Waals surface area contributed by atoms with Gasteiger partial charge in [-0.05, 0) is 50.5 Å². The number of aryl methyl sites for hydroxylation is 1. The van der Waals surface area contributed by atoms with E-state index < -0.39 is 12.6 Å². The highest BCUT2D eigenvalue weighted by Crippen LogP contribution is 2.34. The van der Waals surface area contributed by atoms with Gasteiger partial charge in [0.1, 0.15) is 11.6 Å². The fourth-order valence-electron chi connectivity index (χ4n) is 5.01. The molecule has 5 rings (SSSR count). The number of piperidine rings is 1. The first kappa shape index (κ1) is 24.6. The van der Waals surface area contributed by atoms with E-state index in [9.17, 15) is 18.7 Å². The van der Waals surface area contributed by atoms with Crippen LogP contribution in [0.5, 0.6) is 5.75 Å². The number of aromatic nitrogens is 4. The normalized spacial score (nSPS) is 15.3. The minimum absolute atomic E-state index is 0.138. The summed E-state index contributed by atoms with van der Waals surface area (Å²) in [5.41, 5.74) is 4.00. The van der Waals surface area contributed by atoms with Crippen LogP contribution in [0.15, 0.2) is 54.9 Å². The first-order valence-electron chi connectivity index (χ1n) is 12.1. The molecule has 1 N–H and O–H groups in total. The van der Waals surface area contributed by atoms with Crippen LogP contribution in [0.25, 0.3) is 22.2 Å². The number of ether oxygens (including phenoxy) is 1. The molecule has 1 aliphatic rings. The molecular formula is C27H27F2N5O3. The van der Waals surface area contributed by atoms with Gasteiger partial charge in [0.25, 0.3) is 0 Å². The Morgan fingerprint density at radius 3 is 2.46 bits per heavy atom. The Balaban J connectivity index is 1.43. The number of carboxylic acids is 1. The molecule has 1 atom stereocenters. The standard InChI is InChI=1S/C27H27F2N5O3/c1-16(21-5-3-4-6-24(21)37-26(28)29)34-17(2)32-22-8-7-19(13-23(22)34)20-14-30-27(31-15-20)33-11-9-18(10-12-33)25(35)36/h3-8,13-16,18,26H,9-12H2,1-2H3,(H,35,36)/t16-/m1/s1. The van der Waals surface area contributed by atoms with Crippen molar-refractivity contribution in [3.05, 3.63) is 66.2 Å². The predicted molar refractivity (Wildman–Crippen MR) is 135 cm³/mol. The largest absolute Gasteiger partial charge is 0.481 e. The third-order valence-electron chi connectivity index (χ3n) is 6.94. The number of imidazole rings is 1. The number of aliphatic carboxylic acids is 1. The van der Waals surface area contributed by atoms with Crippen LogP contribution in [-0.2, 0) is 4.79 Å². The molecule has 1 saturated heterocycles. The van der Waals surface area contributed by atoms with Gasteiger partial charge in [-0.1, -0.05) is 24.3 Å². The van der Waals surface area contributed by atoms with Crippen molar-refractivity contribution in [1.29, 1.82) is 0 Å². The van der Waals surface area contributed by atoms with Gasteiger partial charge in [0.15, 0.2) is 0 Å². The molecule has 1 fully saturated rings. The molecule has 192 valence electrons. The predicted octanol–water partition coefficient (Wildman–Crippen LogP) is 5.31. The molecule has 0 spiro atoms. The van der Waals surface area contributed by atoms with Crippen molar-refractivity contribution >= 4 is 23.0 Å². The summed E-state index contributed by atoms with van der Waals surface area (Å²) in [5, 5.41) is 9.21. The number of hydrogen-bond donors (Lipinski definition) is 1. The van der Waals surface area contributed by atoms with E-state index >= 15 is 0 Å². The second-order valence-corrected chi connectivity index (χ2v) is 9.20. The molecule has 3 heterocycles. The quantitative estimate of drug-likeness (QED) is 0.362. The van der Waals surface area contributed by atoms with Gasteiger partial charge in [-0.15, -0.1) is 0 Å². The van der Waals surface area contributed by atoms with Gasteiger partial charge in [-0.2, -0.15) is 8.78 Å². The van der Waals surface area contributed by atoms with E-state index in [0.717, 1.165) is 28.0 Å². The summed E-state index contributed by atoms with van der Waals surface area (Å²) in [6.45, 7) is 2.12. The lowest BCUT2D eigenvalue weighted by atomic mass is 9.97. The van der Waals surface area contributed by atoms with Crippen LogP contribution in [0.2, 0.25) is 0 Å². The smallest absolute Gasteiger partial charge is 0.387 e. The Hall–Kier alpha value is -4.08. The number of alkyl halides is 2. The van der Waals surface area contributed by atoms with E-state index in [0.29, 0.717) is 37.4 Å². The van der Waals surface area contributed by atoms with Crippen LogP contribution in [0.1, 0.15) is 37.2 Å². The van der Waals surface area contributed by atoms with Crippen LogP contribution in [0.4, 0.5) is 14.7 Å². The maximum Gasteiger partial charge on any atom is 0.387 e. The molecule has 10 heteroatoms. The number of carbonyl (C=O) groups is 1. The first-order valence-corrected chi connectivity index (χ1v) is 12.1. The number of halogens is 2. The fourth-order valence-corrected chi connectivity index (χ4v) is 5.01. The lowest BCUT2D eigenvalue weighted by Gasteiger charge is -2.30. The van der Waals surface area contributed by atoms with Gasteiger partial charge in [0.05, 0.1) is 23.0 Å². The van der Waals surface area contributed by atoms with E-state index in [1.807, 2.05) is 41.5 Å². The summed E-state index contributed by atoms with van der Waals surface area (Å²) in [6.07, 6.45) is 4.67. The summed E-state index contributed by atoms with van der Waals surface area (Å²) in [6, 6.07) is 12.4. The molecule has 4 aromatic rings. The van der Waals surface area contributed by atoms with E-state index in [1.54, 1.807) is 36.7 Å². The summed E-state index contributed by atoms with van der Waals surface area (Å²) in [4.78, 5) is 27.0. The molecule has 1 aliphatic heterocycles. The van der Waals surface area contributed by atoms with Gasteiger partial charge in [0, 0.05) is 36.6 Å². The SMILES string of the molecule is Cc1nc2ccc(-c3cnc(N4CCC(C(=O)O)CC4)nc3)cc2n1[C@H](C)c1ccccc1OC(F)F. The lowest BCUT2D eigenvalue weighted by molar-refractivity contribution is -0.142. The molecule has 8 nitrogen and oxygen atoms in total. The van der Waals surface area contributed by atoms with Crippen LogP contribution < -0.4 is 9.64 Å². The molecule has 0 bridgehead atoms. The molecule has 0 aliphatic carbocycles. The van der Waals surface area contributed by atoms with Crippen molar-refractivity contribution in [2.75, 3.05) is 18.0 Å². The minimum atomic E-state index is -2.91. The molecule has 0 radical (unpaired) electrons. The summed E-state index contributed by atoms with van der Waals surface area (Å²) in [5.74, 6) is 0.410. The van der Waals surface area contributed by atoms with Crippen LogP contribution in [0.3, 0.4) is 0 Å². The van der Waals surface area contributed by atoms with Crippen molar-refractivity contribution in [3.8, 4) is 16.9 Å². The van der Waals surface area contributed by atoms with E-state index in [4.69, 9.17) is 4.74 Å². The van der Waals surface area contributed by atoms with Gasteiger partial charge in [-0.3, -0.25) is 4.79 Å². The zero-order chi connectivity index (χ0) is 26.1. The second-order valence-electron chi connectivity index (χ2n) is 9.20. The molecule has 0 amide bonds. The van der Waals surface area contributed by atoms with E-state index in [1.165, 1.54) is 0 Å². The van der Waals surface area contributed by atoms with E-state index in [-0.39, 0.29) is 17.7 Å². The Morgan fingerprint density at radius 1 is 1.08 bits per heavy atom. The number of anilines is 1. The maximum atomic E-state index is 13.0. The Morgan fingerprint density at radius 2 is 1.78 bits per heavy atom. The molecule has 0 saturated carbocycles. The number of nitrogens with zero attached hydrogens (tertiary/aromatic N) is 5. The fraction of sp³-hybridized carbons (Fsp3) is 0.333. The highest BCUT2D eigenvalue weighted by molar-refractivity contribution is 5.83. The number of fused-ring (bicyclic) bond motifs is 1. The lowest BCUT2D eigenvalue weighted by Crippen LogP contribution is -2.37. The summed E-state index contributed by atoms with van der Waals surface area (Å²) < 4.78 is 32.8. The van der Waals surface area contributed by atoms with Crippen molar-refractivity contribution in [1.82, 2.24) is 19.5 Å². The van der Waals surface area contributed by atoms with Gasteiger partial charge in [0.2, 0.25) is 5.95 Å². The maximum absolute atomic E-state index is 13.0.